The Hall–Kier alpha value is -3.68. The number of hydrogen-bond donors (Lipinski definition) is 0. The third-order valence-electron chi connectivity index (χ3n) is 4.32. The van der Waals surface area contributed by atoms with Crippen LogP contribution < -0.4 is 4.74 Å². The number of ether oxygens (including phenoxy) is 3. The summed E-state index contributed by atoms with van der Waals surface area (Å²) in [7, 11) is 2.74. The van der Waals surface area contributed by atoms with Crippen LogP contribution >= 0.6 is 0 Å². The summed E-state index contributed by atoms with van der Waals surface area (Å²) in [6, 6.07) is 6.16. The maximum atomic E-state index is 12.3. The first-order valence-electron chi connectivity index (χ1n) is 9.30. The van der Waals surface area contributed by atoms with Gasteiger partial charge in [0, 0.05) is 0 Å². The Labute approximate surface area is 175 Å². The molecule has 0 aliphatic rings. The van der Waals surface area contributed by atoms with E-state index >= 15 is 0 Å². The summed E-state index contributed by atoms with van der Waals surface area (Å²) < 4.78 is 17.7. The minimum Gasteiger partial charge on any atom is -0.503 e. The first-order chi connectivity index (χ1) is 14.3. The van der Waals surface area contributed by atoms with E-state index in [0.29, 0.717) is 22.8 Å². The highest BCUT2D eigenvalue weighted by Crippen LogP contribution is 2.31. The lowest BCUT2D eigenvalue weighted by molar-refractivity contribution is -0.133. The van der Waals surface area contributed by atoms with Crippen LogP contribution in [0.5, 0.6) is 11.6 Å². The quantitative estimate of drug-likeness (QED) is 0.348. The highest BCUT2D eigenvalue weighted by Gasteiger charge is 2.24. The lowest BCUT2D eigenvalue weighted by Crippen LogP contribution is -2.10. The Morgan fingerprint density at radius 3 is 2.37 bits per heavy atom. The fourth-order valence-corrected chi connectivity index (χ4v) is 3.20. The van der Waals surface area contributed by atoms with Crippen molar-refractivity contribution < 1.29 is 19.0 Å². The van der Waals surface area contributed by atoms with Crippen molar-refractivity contribution in [2.45, 2.75) is 27.7 Å². The number of methoxy groups -OCH3 is 2. The number of benzene rings is 1. The molecule has 8 heteroatoms. The van der Waals surface area contributed by atoms with E-state index in [1.165, 1.54) is 20.5 Å². The molecule has 30 heavy (non-hydrogen) atoms. The summed E-state index contributed by atoms with van der Waals surface area (Å²) in [5, 5.41) is 4.39. The smallest absolute Gasteiger partial charge is 0.341 e. The zero-order chi connectivity index (χ0) is 21.8. The van der Waals surface area contributed by atoms with Crippen molar-refractivity contribution in [1.29, 1.82) is 0 Å². The van der Waals surface area contributed by atoms with Crippen molar-refractivity contribution in [2.75, 3.05) is 14.2 Å². The number of carbonyl (C=O) groups excluding carboxylic acids is 1. The molecule has 0 spiro atoms. The Morgan fingerprint density at radius 2 is 1.73 bits per heavy atom. The molecule has 3 aromatic rings. The first-order valence-corrected chi connectivity index (χ1v) is 9.30. The molecule has 0 amide bonds. The Balaban J connectivity index is 2.02. The van der Waals surface area contributed by atoms with Gasteiger partial charge in [-0.3, -0.25) is 0 Å². The molecule has 0 unspecified atom stereocenters. The number of aromatic nitrogens is 4. The van der Waals surface area contributed by atoms with Crippen LogP contribution in [0.4, 0.5) is 0 Å². The van der Waals surface area contributed by atoms with Gasteiger partial charge in [-0.2, -0.15) is 10.1 Å². The van der Waals surface area contributed by atoms with Crippen molar-refractivity contribution in [2.24, 2.45) is 0 Å². The van der Waals surface area contributed by atoms with E-state index in [0.717, 1.165) is 16.8 Å². The van der Waals surface area contributed by atoms with Gasteiger partial charge < -0.3 is 14.2 Å². The number of esters is 1. The topological polar surface area (TPSA) is 88.4 Å². The molecule has 0 radical (unpaired) electrons. The van der Waals surface area contributed by atoms with Gasteiger partial charge in [-0.1, -0.05) is 6.07 Å². The summed E-state index contributed by atoms with van der Waals surface area (Å²) in [6.45, 7) is 7.59. The monoisotopic (exact) mass is 408 g/mol. The second-order valence-electron chi connectivity index (χ2n) is 6.86. The van der Waals surface area contributed by atoms with E-state index in [4.69, 9.17) is 14.2 Å². The highest BCUT2D eigenvalue weighted by atomic mass is 16.5. The summed E-state index contributed by atoms with van der Waals surface area (Å²) in [5.74, 6) is 0.612. The average Bonchev–Trinajstić information content (AvgIpc) is 3.14. The Kier molecular flexibility index (Phi) is 6.15. The van der Waals surface area contributed by atoms with Gasteiger partial charge in [0.1, 0.15) is 11.4 Å². The van der Waals surface area contributed by atoms with Crippen LogP contribution in [0.3, 0.4) is 0 Å². The van der Waals surface area contributed by atoms with Crippen LogP contribution in [0.25, 0.3) is 11.3 Å². The molecule has 0 saturated heterocycles. The van der Waals surface area contributed by atoms with Crippen LogP contribution in [0.15, 0.2) is 36.9 Å². The number of carbonyl (C=O) groups is 1. The number of hydrogen-bond acceptors (Lipinski definition) is 7. The number of nitrogens with zero attached hydrogens (tertiary/aromatic N) is 4. The highest BCUT2D eigenvalue weighted by molar-refractivity contribution is 6.17. The largest absolute Gasteiger partial charge is 0.503 e. The van der Waals surface area contributed by atoms with E-state index in [1.807, 2.05) is 26.0 Å². The van der Waals surface area contributed by atoms with Crippen molar-refractivity contribution in [3.63, 3.8) is 0 Å². The second kappa shape index (κ2) is 8.77. The predicted molar refractivity (Wildman–Crippen MR) is 112 cm³/mol. The van der Waals surface area contributed by atoms with E-state index in [2.05, 4.69) is 21.1 Å². The third-order valence-corrected chi connectivity index (χ3v) is 4.32. The normalized spacial score (nSPS) is 11.3. The minimum atomic E-state index is -0.580. The molecule has 0 saturated carbocycles. The average molecular weight is 408 g/mol. The SMILES string of the molecule is CO/C=C(/C(=O)OC)c1c(C)nc(C)nc1Oc1cnn(-c2cc(C)cc(C)c2)c1. The van der Waals surface area contributed by atoms with Crippen LogP contribution in [-0.2, 0) is 14.3 Å². The van der Waals surface area contributed by atoms with Gasteiger partial charge in [-0.25, -0.2) is 14.5 Å². The molecule has 0 aliphatic heterocycles. The van der Waals surface area contributed by atoms with Crippen LogP contribution in [0.2, 0.25) is 0 Å². The molecule has 156 valence electrons. The van der Waals surface area contributed by atoms with Gasteiger partial charge >= 0.3 is 5.97 Å². The fourth-order valence-electron chi connectivity index (χ4n) is 3.20. The standard InChI is InChI=1S/C22H24N4O4/c1-13-7-14(2)9-17(8-13)26-11-18(10-23-26)30-21-20(15(3)24-16(4)25-21)19(12-28-5)22(27)29-6/h7-12H,1-6H3/b19-12+. The summed E-state index contributed by atoms with van der Waals surface area (Å²) >= 11 is 0. The van der Waals surface area contributed by atoms with Crippen LogP contribution in [0.1, 0.15) is 28.2 Å². The molecule has 0 atom stereocenters. The zero-order valence-electron chi connectivity index (χ0n) is 17.9. The van der Waals surface area contributed by atoms with Crippen molar-refractivity contribution in [3.8, 4) is 17.3 Å². The molecule has 3 rings (SSSR count). The predicted octanol–water partition coefficient (Wildman–Crippen LogP) is 3.85. The van der Waals surface area contributed by atoms with Gasteiger partial charge in [0.05, 0.1) is 49.8 Å². The maximum Gasteiger partial charge on any atom is 0.341 e. The minimum absolute atomic E-state index is 0.161. The Morgan fingerprint density at radius 1 is 1.03 bits per heavy atom. The second-order valence-corrected chi connectivity index (χ2v) is 6.86. The zero-order valence-corrected chi connectivity index (χ0v) is 17.9. The summed E-state index contributed by atoms with van der Waals surface area (Å²) in [6.07, 6.45) is 4.63. The summed E-state index contributed by atoms with van der Waals surface area (Å²) in [4.78, 5) is 21.0. The van der Waals surface area contributed by atoms with E-state index in [9.17, 15) is 4.79 Å². The van der Waals surface area contributed by atoms with Crippen molar-refractivity contribution in [1.82, 2.24) is 19.7 Å². The molecular weight excluding hydrogens is 384 g/mol. The van der Waals surface area contributed by atoms with Gasteiger partial charge in [0.2, 0.25) is 5.88 Å². The molecular formula is C22H24N4O4. The van der Waals surface area contributed by atoms with Gasteiger partial charge in [0.15, 0.2) is 5.75 Å². The molecule has 0 N–H and O–H groups in total. The molecule has 0 aliphatic carbocycles. The van der Waals surface area contributed by atoms with Crippen molar-refractivity contribution in [3.05, 3.63) is 65.1 Å². The fraction of sp³-hybridized carbons (Fsp3) is 0.273. The summed E-state index contributed by atoms with van der Waals surface area (Å²) in [5.41, 5.74) is 4.32. The van der Waals surface area contributed by atoms with Crippen molar-refractivity contribution >= 4 is 11.5 Å². The van der Waals surface area contributed by atoms with Crippen LogP contribution in [0, 0.1) is 27.7 Å². The molecule has 1 aromatic carbocycles. The lowest BCUT2D eigenvalue weighted by atomic mass is 10.1. The van der Waals surface area contributed by atoms with E-state index < -0.39 is 5.97 Å². The Bertz CT molecular complexity index is 1100. The first kappa shape index (κ1) is 21.0. The molecule has 0 fully saturated rings. The van der Waals surface area contributed by atoms with Gasteiger partial charge in [-0.15, -0.1) is 0 Å². The van der Waals surface area contributed by atoms with E-state index in [-0.39, 0.29) is 11.5 Å². The maximum absolute atomic E-state index is 12.3. The van der Waals surface area contributed by atoms with Gasteiger partial charge in [0.25, 0.3) is 0 Å². The molecule has 2 aromatic heterocycles. The number of aryl methyl sites for hydroxylation is 4. The third kappa shape index (κ3) is 4.48. The molecule has 0 bridgehead atoms. The number of rotatable bonds is 6. The lowest BCUT2D eigenvalue weighted by Gasteiger charge is -2.13. The molecule has 2 heterocycles. The van der Waals surface area contributed by atoms with Gasteiger partial charge in [-0.05, 0) is 51.0 Å². The molecule has 8 nitrogen and oxygen atoms in total. The van der Waals surface area contributed by atoms with E-state index in [1.54, 1.807) is 30.9 Å². The van der Waals surface area contributed by atoms with Crippen LogP contribution in [-0.4, -0.2) is 39.9 Å².